The van der Waals surface area contributed by atoms with Gasteiger partial charge < -0.3 is 14.4 Å². The SMILES string of the molecule is O[C@@H]1CN(Cc2cc3ccccc3o2)C[C@H]1N1CCN(c2ccccn2)CC1. The molecule has 0 aliphatic carbocycles. The maximum atomic E-state index is 10.7. The van der Waals surface area contributed by atoms with Crippen LogP contribution in [0.2, 0.25) is 0 Å². The number of aliphatic hydroxyl groups excluding tert-OH is 1. The Bertz CT molecular complexity index is 887. The van der Waals surface area contributed by atoms with Crippen molar-refractivity contribution in [2.75, 3.05) is 44.2 Å². The second kappa shape index (κ2) is 7.54. The Hall–Kier alpha value is -2.41. The minimum atomic E-state index is -0.314. The van der Waals surface area contributed by atoms with E-state index in [9.17, 15) is 5.11 Å². The number of piperazine rings is 1. The molecular formula is C22H26N4O2. The summed E-state index contributed by atoms with van der Waals surface area (Å²) in [6, 6.07) is 16.5. The zero-order chi connectivity index (χ0) is 18.9. The highest BCUT2D eigenvalue weighted by Gasteiger charge is 2.37. The highest BCUT2D eigenvalue weighted by molar-refractivity contribution is 5.77. The fourth-order valence-electron chi connectivity index (χ4n) is 4.49. The number of likely N-dealkylation sites (tertiary alicyclic amines) is 1. The number of aliphatic hydroxyl groups is 1. The maximum absolute atomic E-state index is 10.7. The molecule has 0 bridgehead atoms. The predicted molar refractivity (Wildman–Crippen MR) is 109 cm³/mol. The molecule has 3 aromatic rings. The number of para-hydroxylation sites is 1. The van der Waals surface area contributed by atoms with Crippen LogP contribution < -0.4 is 4.90 Å². The summed E-state index contributed by atoms with van der Waals surface area (Å²) in [6.45, 7) is 6.13. The van der Waals surface area contributed by atoms with Crippen LogP contribution in [0.3, 0.4) is 0 Å². The van der Waals surface area contributed by atoms with Gasteiger partial charge >= 0.3 is 0 Å². The van der Waals surface area contributed by atoms with Gasteiger partial charge in [-0.2, -0.15) is 0 Å². The molecule has 2 aliphatic heterocycles. The summed E-state index contributed by atoms with van der Waals surface area (Å²) in [6.07, 6.45) is 1.53. The van der Waals surface area contributed by atoms with E-state index in [4.69, 9.17) is 4.42 Å². The standard InChI is InChI=1S/C22H26N4O2/c27-20-16-24(14-18-13-17-5-1-2-6-21(17)28-18)15-19(20)25-9-11-26(12-10-25)22-7-3-4-8-23-22/h1-8,13,19-20,27H,9-12,14-16H2/t19-,20-/m1/s1. The molecule has 6 heteroatoms. The fourth-order valence-corrected chi connectivity index (χ4v) is 4.49. The van der Waals surface area contributed by atoms with Crippen molar-refractivity contribution in [1.29, 1.82) is 0 Å². The third-order valence-corrected chi connectivity index (χ3v) is 5.95. The lowest BCUT2D eigenvalue weighted by Gasteiger charge is -2.39. The second-order valence-electron chi connectivity index (χ2n) is 7.79. The molecule has 2 saturated heterocycles. The zero-order valence-electron chi connectivity index (χ0n) is 15.9. The molecule has 5 rings (SSSR count). The van der Waals surface area contributed by atoms with Gasteiger partial charge in [-0.05, 0) is 24.3 Å². The average Bonchev–Trinajstić information content (AvgIpc) is 3.31. The van der Waals surface area contributed by atoms with Crippen LogP contribution in [0, 0.1) is 0 Å². The summed E-state index contributed by atoms with van der Waals surface area (Å²) in [7, 11) is 0. The zero-order valence-corrected chi connectivity index (χ0v) is 15.9. The van der Waals surface area contributed by atoms with Gasteiger partial charge in [-0.3, -0.25) is 9.80 Å². The van der Waals surface area contributed by atoms with Crippen LogP contribution in [0.25, 0.3) is 11.0 Å². The number of rotatable bonds is 4. The number of β-amino-alcohol motifs (C(OH)–C–C–N with tert-alkyl or cyclic N) is 1. The fraction of sp³-hybridized carbons (Fsp3) is 0.409. The van der Waals surface area contributed by atoms with Crippen molar-refractivity contribution >= 4 is 16.8 Å². The van der Waals surface area contributed by atoms with Crippen LogP contribution in [0.1, 0.15) is 5.76 Å². The molecule has 2 aromatic heterocycles. The van der Waals surface area contributed by atoms with Crippen LogP contribution in [0.15, 0.2) is 59.1 Å². The molecule has 28 heavy (non-hydrogen) atoms. The average molecular weight is 378 g/mol. The molecule has 0 amide bonds. The smallest absolute Gasteiger partial charge is 0.134 e. The molecule has 146 valence electrons. The topological polar surface area (TPSA) is 56.0 Å². The summed E-state index contributed by atoms with van der Waals surface area (Å²) >= 11 is 0. The first kappa shape index (κ1) is 17.7. The van der Waals surface area contributed by atoms with Gasteiger partial charge in [0.1, 0.15) is 17.2 Å². The molecule has 6 nitrogen and oxygen atoms in total. The number of pyridine rings is 1. The van der Waals surface area contributed by atoms with Gasteiger partial charge in [0.25, 0.3) is 0 Å². The van der Waals surface area contributed by atoms with Gasteiger partial charge in [0.2, 0.25) is 0 Å². The van der Waals surface area contributed by atoms with Crippen molar-refractivity contribution in [1.82, 2.24) is 14.8 Å². The Morgan fingerprint density at radius 1 is 1.00 bits per heavy atom. The van der Waals surface area contributed by atoms with Crippen molar-refractivity contribution in [3.05, 3.63) is 60.5 Å². The Labute approximate surface area is 165 Å². The monoisotopic (exact) mass is 378 g/mol. The van der Waals surface area contributed by atoms with E-state index in [-0.39, 0.29) is 12.1 Å². The number of nitrogens with zero attached hydrogens (tertiary/aromatic N) is 4. The Morgan fingerprint density at radius 3 is 2.61 bits per heavy atom. The Morgan fingerprint density at radius 2 is 1.82 bits per heavy atom. The summed E-state index contributed by atoms with van der Waals surface area (Å²) in [5.41, 5.74) is 0.930. The van der Waals surface area contributed by atoms with Crippen molar-refractivity contribution < 1.29 is 9.52 Å². The number of anilines is 1. The normalized spacial score (nSPS) is 24.2. The van der Waals surface area contributed by atoms with Crippen LogP contribution >= 0.6 is 0 Å². The summed E-state index contributed by atoms with van der Waals surface area (Å²) in [5, 5.41) is 11.8. The molecule has 2 fully saturated rings. The van der Waals surface area contributed by atoms with Crippen LogP contribution in [0.5, 0.6) is 0 Å². The molecule has 2 aliphatic rings. The van der Waals surface area contributed by atoms with Crippen molar-refractivity contribution in [2.24, 2.45) is 0 Å². The van der Waals surface area contributed by atoms with E-state index in [1.165, 1.54) is 0 Å². The summed E-state index contributed by atoms with van der Waals surface area (Å²) in [5.74, 6) is 2.01. The number of aromatic nitrogens is 1. The van der Waals surface area contributed by atoms with E-state index >= 15 is 0 Å². The van der Waals surface area contributed by atoms with E-state index in [2.05, 4.69) is 37.9 Å². The van der Waals surface area contributed by atoms with Crippen molar-refractivity contribution in [3.63, 3.8) is 0 Å². The number of hydrogen-bond donors (Lipinski definition) is 1. The minimum Gasteiger partial charge on any atom is -0.460 e. The van der Waals surface area contributed by atoms with Crippen molar-refractivity contribution in [2.45, 2.75) is 18.7 Å². The molecule has 4 heterocycles. The molecule has 0 saturated carbocycles. The highest BCUT2D eigenvalue weighted by Crippen LogP contribution is 2.24. The lowest BCUT2D eigenvalue weighted by Crippen LogP contribution is -2.53. The third-order valence-electron chi connectivity index (χ3n) is 5.95. The van der Waals surface area contributed by atoms with Crippen molar-refractivity contribution in [3.8, 4) is 0 Å². The van der Waals surface area contributed by atoms with Crippen LogP contribution in [-0.2, 0) is 6.54 Å². The van der Waals surface area contributed by atoms with E-state index in [1.54, 1.807) is 0 Å². The quantitative estimate of drug-likeness (QED) is 0.751. The molecule has 2 atom stereocenters. The molecule has 0 radical (unpaired) electrons. The van der Waals surface area contributed by atoms with Crippen LogP contribution in [-0.4, -0.2) is 71.3 Å². The molecule has 0 unspecified atom stereocenters. The lowest BCUT2D eigenvalue weighted by atomic mass is 10.1. The highest BCUT2D eigenvalue weighted by atomic mass is 16.3. The van der Waals surface area contributed by atoms with Gasteiger partial charge in [0, 0.05) is 56.9 Å². The maximum Gasteiger partial charge on any atom is 0.134 e. The summed E-state index contributed by atoms with van der Waals surface area (Å²) < 4.78 is 5.96. The molecule has 0 spiro atoms. The van der Waals surface area contributed by atoms with Gasteiger partial charge in [-0.1, -0.05) is 24.3 Å². The second-order valence-corrected chi connectivity index (χ2v) is 7.79. The number of hydrogen-bond acceptors (Lipinski definition) is 6. The molecule has 1 aromatic carbocycles. The number of furan rings is 1. The first-order chi connectivity index (χ1) is 13.8. The van der Waals surface area contributed by atoms with E-state index < -0.39 is 0 Å². The lowest BCUT2D eigenvalue weighted by molar-refractivity contribution is 0.0790. The number of fused-ring (bicyclic) bond motifs is 1. The largest absolute Gasteiger partial charge is 0.460 e. The van der Waals surface area contributed by atoms with Gasteiger partial charge in [-0.15, -0.1) is 0 Å². The van der Waals surface area contributed by atoms with E-state index in [0.29, 0.717) is 6.54 Å². The van der Waals surface area contributed by atoms with Gasteiger partial charge in [-0.25, -0.2) is 4.98 Å². The molecule has 1 N–H and O–H groups in total. The predicted octanol–water partition coefficient (Wildman–Crippen LogP) is 2.20. The minimum absolute atomic E-state index is 0.190. The molecular weight excluding hydrogens is 352 g/mol. The first-order valence-electron chi connectivity index (χ1n) is 10.0. The van der Waals surface area contributed by atoms with Gasteiger partial charge in [0.05, 0.1) is 12.6 Å². The van der Waals surface area contributed by atoms with Crippen LogP contribution in [0.4, 0.5) is 5.82 Å². The van der Waals surface area contributed by atoms with Gasteiger partial charge in [0.15, 0.2) is 0 Å². The number of benzene rings is 1. The van der Waals surface area contributed by atoms with E-state index in [1.807, 2.05) is 36.5 Å². The first-order valence-corrected chi connectivity index (χ1v) is 10.0. The Kier molecular flexibility index (Phi) is 4.76. The third kappa shape index (κ3) is 3.51. The Balaban J connectivity index is 1.19. The summed E-state index contributed by atoms with van der Waals surface area (Å²) in [4.78, 5) is 11.5. The van der Waals surface area contributed by atoms with E-state index in [0.717, 1.165) is 61.8 Å².